The molecule has 0 bridgehead atoms. The molecule has 0 radical (unpaired) electrons. The average Bonchev–Trinajstić information content (AvgIpc) is 2.82. The normalized spacial score (nSPS) is 16.7. The first kappa shape index (κ1) is 19.7. The molecule has 3 rings (SSSR count). The molecule has 1 saturated heterocycles. The number of aromatic nitrogens is 1. The van der Waals surface area contributed by atoms with Gasteiger partial charge in [0, 0.05) is 42.8 Å². The van der Waals surface area contributed by atoms with Crippen LogP contribution in [0.3, 0.4) is 0 Å². The Morgan fingerprint density at radius 3 is 2.48 bits per heavy atom. The molecular formula is C14H19N3O6S2. The molecule has 1 aliphatic heterocycles. The highest BCUT2D eigenvalue weighted by molar-refractivity contribution is 7.89. The third kappa shape index (κ3) is 5.70. The predicted molar refractivity (Wildman–Crippen MR) is 92.2 cm³/mol. The van der Waals surface area contributed by atoms with E-state index in [0.29, 0.717) is 24.5 Å². The fraction of sp³-hybridized carbons (Fsp3) is 0.357. The summed E-state index contributed by atoms with van der Waals surface area (Å²) in [5.41, 5.74) is 0. The molecule has 25 heavy (non-hydrogen) atoms. The van der Waals surface area contributed by atoms with Gasteiger partial charge in [-0.3, -0.25) is 14.1 Å². The molecule has 1 fully saturated rings. The second-order valence-electron chi connectivity index (χ2n) is 5.31. The lowest BCUT2D eigenvalue weighted by Crippen LogP contribution is -2.34. The van der Waals surface area contributed by atoms with E-state index in [1.807, 2.05) is 6.07 Å². The molecule has 2 aromatic rings. The number of nitrogens with zero attached hydrogens (tertiary/aromatic N) is 2. The van der Waals surface area contributed by atoms with Crippen molar-refractivity contribution in [3.05, 3.63) is 36.7 Å². The van der Waals surface area contributed by atoms with Crippen molar-refractivity contribution in [1.82, 2.24) is 14.6 Å². The molecule has 0 unspecified atom stereocenters. The molecule has 2 heterocycles. The van der Waals surface area contributed by atoms with Crippen LogP contribution in [0.2, 0.25) is 0 Å². The predicted octanol–water partition coefficient (Wildman–Crippen LogP) is 0.566. The van der Waals surface area contributed by atoms with Gasteiger partial charge >= 0.3 is 10.4 Å². The van der Waals surface area contributed by atoms with E-state index in [9.17, 15) is 8.42 Å². The zero-order chi connectivity index (χ0) is 18.5. The highest BCUT2D eigenvalue weighted by atomic mass is 32.3. The Labute approximate surface area is 146 Å². The van der Waals surface area contributed by atoms with Gasteiger partial charge in [-0.15, -0.1) is 0 Å². The molecular weight excluding hydrogens is 370 g/mol. The van der Waals surface area contributed by atoms with Crippen LogP contribution in [-0.4, -0.2) is 61.4 Å². The summed E-state index contributed by atoms with van der Waals surface area (Å²) in [6.45, 7) is 2.65. The average molecular weight is 389 g/mol. The Morgan fingerprint density at radius 2 is 1.76 bits per heavy atom. The van der Waals surface area contributed by atoms with E-state index in [1.54, 1.807) is 34.9 Å². The second kappa shape index (κ2) is 8.17. The fourth-order valence-corrected chi connectivity index (χ4v) is 4.21. The van der Waals surface area contributed by atoms with Gasteiger partial charge in [0.2, 0.25) is 10.0 Å². The molecule has 1 aromatic carbocycles. The van der Waals surface area contributed by atoms with Gasteiger partial charge in [0.25, 0.3) is 0 Å². The van der Waals surface area contributed by atoms with Gasteiger partial charge in [-0.2, -0.15) is 12.7 Å². The maximum absolute atomic E-state index is 12.8. The molecule has 0 saturated carbocycles. The van der Waals surface area contributed by atoms with Gasteiger partial charge in [-0.05, 0) is 25.1 Å². The fourth-order valence-electron chi connectivity index (χ4n) is 2.52. The van der Waals surface area contributed by atoms with Gasteiger partial charge in [-0.25, -0.2) is 8.42 Å². The van der Waals surface area contributed by atoms with Crippen molar-refractivity contribution >= 4 is 31.2 Å². The van der Waals surface area contributed by atoms with E-state index in [0.717, 1.165) is 23.7 Å². The van der Waals surface area contributed by atoms with Crippen LogP contribution >= 0.6 is 0 Å². The Hall–Kier alpha value is -1.63. The van der Waals surface area contributed by atoms with Crippen LogP contribution < -0.4 is 5.32 Å². The zero-order valence-electron chi connectivity index (χ0n) is 13.2. The SMILES string of the molecule is O=S(=O)(O)O.O=S(=O)(c1cccc2cnccc12)N1CCCNCC1. The molecule has 0 amide bonds. The third-order valence-electron chi connectivity index (χ3n) is 3.56. The van der Waals surface area contributed by atoms with Crippen LogP contribution in [0.1, 0.15) is 6.42 Å². The van der Waals surface area contributed by atoms with Crippen LogP contribution in [0.4, 0.5) is 0 Å². The zero-order valence-corrected chi connectivity index (χ0v) is 14.9. The van der Waals surface area contributed by atoms with Crippen molar-refractivity contribution in [1.29, 1.82) is 0 Å². The monoisotopic (exact) mass is 389 g/mol. The van der Waals surface area contributed by atoms with Gasteiger partial charge in [-0.1, -0.05) is 12.1 Å². The smallest absolute Gasteiger partial charge is 0.315 e. The van der Waals surface area contributed by atoms with E-state index in [-0.39, 0.29) is 0 Å². The summed E-state index contributed by atoms with van der Waals surface area (Å²) in [5.74, 6) is 0. The number of pyridine rings is 1. The number of benzene rings is 1. The Balaban J connectivity index is 0.000000399. The summed E-state index contributed by atoms with van der Waals surface area (Å²) in [4.78, 5) is 4.42. The van der Waals surface area contributed by atoms with Crippen molar-refractivity contribution in [2.24, 2.45) is 0 Å². The molecule has 11 heteroatoms. The summed E-state index contributed by atoms with van der Waals surface area (Å²) in [5, 5.41) is 4.81. The van der Waals surface area contributed by atoms with Crippen molar-refractivity contribution in [3.63, 3.8) is 0 Å². The van der Waals surface area contributed by atoms with Crippen molar-refractivity contribution < 1.29 is 25.9 Å². The minimum Gasteiger partial charge on any atom is -0.315 e. The molecule has 3 N–H and O–H groups in total. The van der Waals surface area contributed by atoms with Crippen molar-refractivity contribution in [3.8, 4) is 0 Å². The Kier molecular flexibility index (Phi) is 6.43. The van der Waals surface area contributed by atoms with Crippen LogP contribution in [0.25, 0.3) is 10.8 Å². The quantitative estimate of drug-likeness (QED) is 0.634. The lowest BCUT2D eigenvalue weighted by atomic mass is 10.2. The standard InChI is InChI=1S/C14H17N3O2S.H2O4S/c18-20(19,17-9-2-6-15-8-10-17)14-4-1-3-12-11-16-7-5-13(12)14;1-5(2,3)4/h1,3-5,7,11,15H,2,6,8-10H2;(H2,1,2,3,4). The van der Waals surface area contributed by atoms with Crippen LogP contribution in [0.5, 0.6) is 0 Å². The maximum Gasteiger partial charge on any atom is 0.394 e. The third-order valence-corrected chi connectivity index (χ3v) is 5.51. The van der Waals surface area contributed by atoms with E-state index in [4.69, 9.17) is 17.5 Å². The van der Waals surface area contributed by atoms with Crippen molar-refractivity contribution in [2.75, 3.05) is 26.2 Å². The minimum absolute atomic E-state index is 0.374. The summed E-state index contributed by atoms with van der Waals surface area (Å²) in [7, 11) is -8.11. The van der Waals surface area contributed by atoms with E-state index in [2.05, 4.69) is 10.3 Å². The Bertz CT molecular complexity index is 909. The summed E-state index contributed by atoms with van der Waals surface area (Å²) in [6, 6.07) is 7.09. The summed E-state index contributed by atoms with van der Waals surface area (Å²) < 4.78 is 58.8. The van der Waals surface area contributed by atoms with E-state index < -0.39 is 20.4 Å². The number of rotatable bonds is 2. The molecule has 0 atom stereocenters. The maximum atomic E-state index is 12.8. The second-order valence-corrected chi connectivity index (χ2v) is 8.11. The van der Waals surface area contributed by atoms with Gasteiger partial charge < -0.3 is 5.32 Å². The lowest BCUT2D eigenvalue weighted by Gasteiger charge is -2.20. The molecule has 1 aliphatic rings. The first-order valence-electron chi connectivity index (χ1n) is 7.43. The highest BCUT2D eigenvalue weighted by Gasteiger charge is 2.26. The largest absolute Gasteiger partial charge is 0.394 e. The van der Waals surface area contributed by atoms with E-state index in [1.165, 1.54) is 0 Å². The van der Waals surface area contributed by atoms with Crippen LogP contribution in [0.15, 0.2) is 41.6 Å². The van der Waals surface area contributed by atoms with Crippen LogP contribution in [0, 0.1) is 0 Å². The summed E-state index contributed by atoms with van der Waals surface area (Å²) >= 11 is 0. The van der Waals surface area contributed by atoms with Gasteiger partial charge in [0.1, 0.15) is 0 Å². The topological polar surface area (TPSA) is 137 Å². The van der Waals surface area contributed by atoms with Gasteiger partial charge in [0.15, 0.2) is 0 Å². The molecule has 0 aliphatic carbocycles. The number of sulfonamides is 1. The minimum atomic E-state index is -4.67. The summed E-state index contributed by atoms with van der Waals surface area (Å²) in [6.07, 6.45) is 4.16. The first-order valence-corrected chi connectivity index (χ1v) is 10.3. The number of hydrogen-bond acceptors (Lipinski definition) is 6. The highest BCUT2D eigenvalue weighted by Crippen LogP contribution is 2.25. The molecule has 1 aromatic heterocycles. The molecule has 138 valence electrons. The lowest BCUT2D eigenvalue weighted by molar-refractivity contribution is 0.381. The van der Waals surface area contributed by atoms with Crippen molar-refractivity contribution in [2.45, 2.75) is 11.3 Å². The van der Waals surface area contributed by atoms with Gasteiger partial charge in [0.05, 0.1) is 4.90 Å². The van der Waals surface area contributed by atoms with E-state index >= 15 is 0 Å². The number of nitrogens with one attached hydrogen (secondary N) is 1. The molecule has 0 spiro atoms. The first-order chi connectivity index (χ1) is 11.7. The Morgan fingerprint density at radius 1 is 1.04 bits per heavy atom. The molecule has 9 nitrogen and oxygen atoms in total. The number of hydrogen-bond donors (Lipinski definition) is 3. The number of fused-ring (bicyclic) bond motifs is 1. The van der Waals surface area contributed by atoms with Crippen LogP contribution in [-0.2, 0) is 20.4 Å².